The van der Waals surface area contributed by atoms with E-state index < -0.39 is 23.9 Å². The topological polar surface area (TPSA) is 149 Å². The lowest BCUT2D eigenvalue weighted by Crippen LogP contribution is -2.08. The quantitative estimate of drug-likeness (QED) is 0.186. The smallest absolute Gasteiger partial charge is 0.336 e. The molecule has 8 heteroatoms. The molecule has 0 aliphatic heterocycles. The van der Waals surface area contributed by atoms with Crippen LogP contribution < -0.4 is 0 Å². The van der Waals surface area contributed by atoms with Gasteiger partial charge in [-0.05, 0) is 67.4 Å². The van der Waals surface area contributed by atoms with E-state index in [2.05, 4.69) is 0 Å². The Balaban J connectivity index is 1.98. The van der Waals surface area contributed by atoms with Gasteiger partial charge in [0.15, 0.2) is 0 Å². The molecule has 0 aliphatic rings. The minimum atomic E-state index is -1.27. The molecule has 7 aromatic carbocycles. The van der Waals surface area contributed by atoms with E-state index in [1.807, 2.05) is 0 Å². The highest BCUT2D eigenvalue weighted by atomic mass is 16.4. The second-order valence-electron chi connectivity index (χ2n) is 8.94. The van der Waals surface area contributed by atoms with Crippen molar-refractivity contribution in [3.8, 4) is 0 Å². The fourth-order valence-corrected chi connectivity index (χ4v) is 5.99. The van der Waals surface area contributed by atoms with Gasteiger partial charge in [-0.2, -0.15) is 0 Å². The first-order chi connectivity index (χ1) is 17.2. The zero-order valence-corrected chi connectivity index (χ0v) is 18.0. The number of hydrogen-bond acceptors (Lipinski definition) is 4. The van der Waals surface area contributed by atoms with Crippen molar-refractivity contribution in [2.45, 2.75) is 0 Å². The number of aromatic carboxylic acids is 4. The van der Waals surface area contributed by atoms with Crippen LogP contribution in [0.4, 0.5) is 0 Å². The number of benzene rings is 7. The maximum absolute atomic E-state index is 12.3. The number of carboxylic acids is 4. The summed E-state index contributed by atoms with van der Waals surface area (Å²) in [4.78, 5) is 49.1. The molecule has 4 N–H and O–H groups in total. The Morgan fingerprint density at radius 2 is 0.583 bits per heavy atom. The molecule has 0 spiro atoms. The molecule has 0 radical (unpaired) electrons. The maximum Gasteiger partial charge on any atom is 0.336 e. The van der Waals surface area contributed by atoms with Gasteiger partial charge < -0.3 is 20.4 Å². The SMILES string of the molecule is O=C(O)c1cc2ccc3cc(C(=O)O)c4c(C(=O)O)cc5ccc6cc(C(=O)O)c1c1c2c3c4c5c61. The molecule has 172 valence electrons. The van der Waals surface area contributed by atoms with E-state index in [4.69, 9.17) is 0 Å². The second kappa shape index (κ2) is 6.25. The average Bonchev–Trinajstić information content (AvgIpc) is 2.84. The summed E-state index contributed by atoms with van der Waals surface area (Å²) in [6.07, 6.45) is 0. The van der Waals surface area contributed by atoms with Crippen LogP contribution in [0.1, 0.15) is 41.4 Å². The lowest BCUT2D eigenvalue weighted by molar-refractivity contribution is 0.0681. The molecule has 36 heavy (non-hydrogen) atoms. The molecule has 0 unspecified atom stereocenters. The van der Waals surface area contributed by atoms with E-state index in [0.29, 0.717) is 53.9 Å². The first kappa shape index (κ1) is 20.2. The summed E-state index contributed by atoms with van der Waals surface area (Å²) < 4.78 is 0. The third-order valence-corrected chi connectivity index (χ3v) is 7.24. The van der Waals surface area contributed by atoms with Crippen molar-refractivity contribution in [3.63, 3.8) is 0 Å². The molecule has 0 saturated heterocycles. The van der Waals surface area contributed by atoms with Crippen molar-refractivity contribution >= 4 is 88.5 Å². The number of hydrogen-bond donors (Lipinski definition) is 4. The van der Waals surface area contributed by atoms with Crippen LogP contribution in [0.5, 0.6) is 0 Å². The highest BCUT2D eigenvalue weighted by Crippen LogP contribution is 2.51. The zero-order chi connectivity index (χ0) is 25.2. The molecular weight excluding hydrogens is 464 g/mol. The fraction of sp³-hybridized carbons (Fsp3) is 0. The molecular formula is C28H12O8. The molecule has 0 fully saturated rings. The molecule has 7 rings (SSSR count). The average molecular weight is 476 g/mol. The molecule has 0 amide bonds. The summed E-state index contributed by atoms with van der Waals surface area (Å²) in [6.45, 7) is 0. The fourth-order valence-electron chi connectivity index (χ4n) is 5.99. The van der Waals surface area contributed by atoms with E-state index in [0.717, 1.165) is 0 Å². The van der Waals surface area contributed by atoms with Crippen LogP contribution in [0.15, 0.2) is 48.5 Å². The third kappa shape index (κ3) is 2.18. The minimum absolute atomic E-state index is 0.0819. The van der Waals surface area contributed by atoms with E-state index >= 15 is 0 Å². The number of carbonyl (C=O) groups is 4. The maximum atomic E-state index is 12.3. The summed E-state index contributed by atoms with van der Waals surface area (Å²) in [5.41, 5.74) is -0.622. The van der Waals surface area contributed by atoms with Crippen LogP contribution in [0, 0.1) is 0 Å². The Labute approximate surface area is 199 Å². The lowest BCUT2D eigenvalue weighted by Gasteiger charge is -2.23. The van der Waals surface area contributed by atoms with Gasteiger partial charge in [-0.15, -0.1) is 0 Å². The summed E-state index contributed by atoms with van der Waals surface area (Å²) in [5.74, 6) is -5.09. The molecule has 0 aliphatic carbocycles. The Hall–Kier alpha value is -5.24. The molecule has 7 aromatic rings. The largest absolute Gasteiger partial charge is 0.478 e. The van der Waals surface area contributed by atoms with Gasteiger partial charge in [0.25, 0.3) is 0 Å². The van der Waals surface area contributed by atoms with E-state index in [9.17, 15) is 39.6 Å². The van der Waals surface area contributed by atoms with Crippen LogP contribution in [0.25, 0.3) is 64.6 Å². The van der Waals surface area contributed by atoms with Crippen LogP contribution >= 0.6 is 0 Å². The van der Waals surface area contributed by atoms with Crippen molar-refractivity contribution in [1.82, 2.24) is 0 Å². The standard InChI is InChI=1S/C28H12O8/c29-25(30)13-5-9-1-2-10-6-14(26(31)32)22-16(28(35)36)8-12-4-3-11-7-15(27(33)34)21(13)23-17(9)18(10)24(22)20(12)19(11)23/h1-8H,(H,29,30)(H,31,32)(H,33,34)(H,35,36). The second-order valence-corrected chi connectivity index (χ2v) is 8.94. The van der Waals surface area contributed by atoms with Crippen LogP contribution in [0.2, 0.25) is 0 Å². The Bertz CT molecular complexity index is 1850. The van der Waals surface area contributed by atoms with Crippen LogP contribution in [-0.4, -0.2) is 44.3 Å². The van der Waals surface area contributed by atoms with Gasteiger partial charge in [-0.1, -0.05) is 24.3 Å². The van der Waals surface area contributed by atoms with E-state index in [-0.39, 0.29) is 33.0 Å². The molecule has 8 nitrogen and oxygen atoms in total. The monoisotopic (exact) mass is 476 g/mol. The van der Waals surface area contributed by atoms with Crippen LogP contribution in [0.3, 0.4) is 0 Å². The third-order valence-electron chi connectivity index (χ3n) is 7.24. The number of carboxylic acid groups (broad SMARTS) is 4. The van der Waals surface area contributed by atoms with Crippen LogP contribution in [-0.2, 0) is 0 Å². The van der Waals surface area contributed by atoms with Gasteiger partial charge in [0.05, 0.1) is 22.3 Å². The highest BCUT2D eigenvalue weighted by molar-refractivity contribution is 6.48. The summed E-state index contributed by atoms with van der Waals surface area (Å²) >= 11 is 0. The van der Waals surface area contributed by atoms with Gasteiger partial charge in [-0.25, -0.2) is 19.2 Å². The normalized spacial score (nSPS) is 12.2. The minimum Gasteiger partial charge on any atom is -0.478 e. The van der Waals surface area contributed by atoms with Gasteiger partial charge >= 0.3 is 23.9 Å². The van der Waals surface area contributed by atoms with Gasteiger partial charge in [0.2, 0.25) is 0 Å². The summed E-state index contributed by atoms with van der Waals surface area (Å²) in [7, 11) is 0. The van der Waals surface area contributed by atoms with E-state index in [1.54, 1.807) is 24.3 Å². The Morgan fingerprint density at radius 1 is 0.361 bits per heavy atom. The van der Waals surface area contributed by atoms with Gasteiger partial charge in [0, 0.05) is 21.5 Å². The first-order valence-electron chi connectivity index (χ1n) is 10.8. The molecule has 0 heterocycles. The molecule has 0 bridgehead atoms. The van der Waals surface area contributed by atoms with Crippen molar-refractivity contribution in [2.75, 3.05) is 0 Å². The highest BCUT2D eigenvalue weighted by Gasteiger charge is 2.29. The van der Waals surface area contributed by atoms with E-state index in [1.165, 1.54) is 24.3 Å². The number of rotatable bonds is 4. The lowest BCUT2D eigenvalue weighted by atomic mass is 9.78. The molecule has 0 saturated carbocycles. The predicted octanol–water partition coefficient (Wildman–Crippen LogP) is 5.71. The van der Waals surface area contributed by atoms with Crippen molar-refractivity contribution in [1.29, 1.82) is 0 Å². The molecule has 0 aromatic heterocycles. The van der Waals surface area contributed by atoms with Crippen molar-refractivity contribution in [2.24, 2.45) is 0 Å². The van der Waals surface area contributed by atoms with Gasteiger partial charge in [-0.3, -0.25) is 0 Å². The Morgan fingerprint density at radius 3 is 0.778 bits per heavy atom. The summed E-state index contributed by atoms with van der Waals surface area (Å²) in [5, 5.41) is 45.6. The summed E-state index contributed by atoms with van der Waals surface area (Å²) in [6, 6.07) is 12.4. The Kier molecular flexibility index (Phi) is 3.50. The first-order valence-corrected chi connectivity index (χ1v) is 10.8. The van der Waals surface area contributed by atoms with Crippen molar-refractivity contribution < 1.29 is 39.6 Å². The van der Waals surface area contributed by atoms with Crippen molar-refractivity contribution in [3.05, 3.63) is 70.8 Å². The predicted molar refractivity (Wildman–Crippen MR) is 133 cm³/mol. The molecule has 0 atom stereocenters. The van der Waals surface area contributed by atoms with Gasteiger partial charge in [0.1, 0.15) is 0 Å². The zero-order valence-electron chi connectivity index (χ0n) is 18.0.